The van der Waals surface area contributed by atoms with Gasteiger partial charge in [-0.25, -0.2) is 0 Å². The van der Waals surface area contributed by atoms with E-state index >= 15 is 0 Å². The molecule has 2 heterocycles. The Kier molecular flexibility index (Phi) is 26.7. The number of anilines is 7. The molecule has 4 aromatic carbocycles. The minimum Gasteiger partial charge on any atom is -0.397 e. The van der Waals surface area contributed by atoms with Crippen molar-refractivity contribution in [2.45, 2.75) is 19.6 Å². The first-order valence-electron chi connectivity index (χ1n) is 20.3. The summed E-state index contributed by atoms with van der Waals surface area (Å²) in [7, 11) is -19.7. The van der Waals surface area contributed by atoms with Crippen LogP contribution in [0.5, 0.6) is 0 Å². The second-order valence-electron chi connectivity index (χ2n) is 14.7. The van der Waals surface area contributed by atoms with Crippen LogP contribution in [-0.2, 0) is 40.5 Å². The molecule has 0 saturated carbocycles. The Morgan fingerprint density at radius 2 is 0.920 bits per heavy atom. The van der Waals surface area contributed by atoms with E-state index in [1.165, 1.54) is 52.3 Å². The number of nitrogens with two attached hydrogens (primary N) is 1. The normalized spacial score (nSPS) is 11.6. The second kappa shape index (κ2) is 29.4. The molecular weight excluding hydrogens is 1110 g/mol. The Bertz CT molecular complexity index is 3450. The van der Waals surface area contributed by atoms with Gasteiger partial charge < -0.3 is 46.6 Å². The number of hydrogen-bond acceptors (Lipinski definition) is 23. The smallest absolute Gasteiger partial charge is 0.297 e. The summed E-state index contributed by atoms with van der Waals surface area (Å²) in [5.41, 5.74) is 5.04. The summed E-state index contributed by atoms with van der Waals surface area (Å²) in [6.45, 7) is -2.17. The molecule has 35 heteroatoms. The summed E-state index contributed by atoms with van der Waals surface area (Å²) >= 11 is 0. The molecule has 0 spiro atoms. The minimum absolute atomic E-state index is 0. The fraction of sp³-hybridized carbons (Fsp3) is 0.200. The van der Waals surface area contributed by atoms with Gasteiger partial charge in [0.2, 0.25) is 23.8 Å². The maximum atomic E-state index is 13.0. The summed E-state index contributed by atoms with van der Waals surface area (Å²) in [5, 5.41) is 44.4. The zero-order valence-corrected chi connectivity index (χ0v) is 51.7. The van der Waals surface area contributed by atoms with Crippen LogP contribution in [0.1, 0.15) is 11.1 Å². The van der Waals surface area contributed by atoms with Gasteiger partial charge >= 0.3 is 0 Å². The molecule has 0 aliphatic heterocycles. The predicted molar refractivity (Wildman–Crippen MR) is 278 cm³/mol. The number of hydrogen-bond donors (Lipinski definition) is 11. The molecule has 0 aliphatic rings. The second-order valence-corrected chi connectivity index (χ2v) is 20.3. The Hall–Kier alpha value is -2.88. The number of rotatable bonds is 22. The Balaban J connectivity index is 0.00000481. The van der Waals surface area contributed by atoms with E-state index in [1.807, 2.05) is 0 Å². The van der Waals surface area contributed by atoms with E-state index in [2.05, 4.69) is 40.5 Å². The summed E-state index contributed by atoms with van der Waals surface area (Å²) in [6.07, 6.45) is 2.12. The van der Waals surface area contributed by atoms with E-state index in [0.717, 1.165) is 48.6 Å². The van der Waals surface area contributed by atoms with Gasteiger partial charge in [-0.05, 0) is 59.7 Å². The molecule has 0 aliphatic carbocycles. The molecule has 6 aromatic rings. The molecule has 0 bridgehead atoms. The first-order chi connectivity index (χ1) is 33.4. The van der Waals surface area contributed by atoms with Crippen LogP contribution >= 0.6 is 0 Å². The van der Waals surface area contributed by atoms with E-state index in [9.17, 15) is 72.3 Å². The molecule has 75 heavy (non-hydrogen) atoms. The van der Waals surface area contributed by atoms with Gasteiger partial charge in [-0.1, -0.05) is 42.5 Å². The van der Waals surface area contributed by atoms with Crippen LogP contribution in [-0.4, -0.2) is 273 Å². The molecular formula is C40H43N11Na4O16S4. The molecule has 2 aromatic heterocycles. The van der Waals surface area contributed by atoms with Crippen LogP contribution in [0.25, 0.3) is 34.9 Å². The van der Waals surface area contributed by atoms with Crippen molar-refractivity contribution >= 4 is 212 Å². The molecule has 27 nitrogen and oxygen atoms in total. The molecule has 382 valence electrons. The van der Waals surface area contributed by atoms with Gasteiger partial charge in [0.05, 0.1) is 41.9 Å². The fourth-order valence-electron chi connectivity index (χ4n) is 6.65. The Morgan fingerprint density at radius 1 is 0.493 bits per heavy atom. The molecule has 6 rings (SSSR count). The predicted octanol–water partition coefficient (Wildman–Crippen LogP) is -0.324. The third-order valence-electron chi connectivity index (χ3n) is 9.79. The van der Waals surface area contributed by atoms with Gasteiger partial charge in [-0.15, -0.1) is 0 Å². The summed E-state index contributed by atoms with van der Waals surface area (Å²) in [4.78, 5) is 26.0. The van der Waals surface area contributed by atoms with Gasteiger partial charge in [-0.3, -0.25) is 18.2 Å². The Labute approximate surface area is 518 Å². The van der Waals surface area contributed by atoms with Gasteiger partial charge in [0.25, 0.3) is 40.5 Å². The zero-order valence-electron chi connectivity index (χ0n) is 40.4. The Morgan fingerprint density at radius 3 is 1.35 bits per heavy atom. The topological polar surface area (TPSA) is 432 Å². The number of nitrogens with one attached hydrogen (secondary N) is 2. The van der Waals surface area contributed by atoms with E-state index in [4.69, 9.17) is 5.73 Å². The monoisotopic (exact) mass is 1150 g/mol. The maximum absolute atomic E-state index is 13.0. The third-order valence-corrected chi connectivity index (χ3v) is 13.4. The van der Waals surface area contributed by atoms with Gasteiger partial charge in [0.1, 0.15) is 9.79 Å². The van der Waals surface area contributed by atoms with Crippen LogP contribution in [0.2, 0.25) is 0 Å². The van der Waals surface area contributed by atoms with E-state index in [-0.39, 0.29) is 213 Å². The number of aliphatic hydroxyl groups excluding tert-OH is 4. The molecule has 0 atom stereocenters. The van der Waals surface area contributed by atoms with Gasteiger partial charge in [-0.2, -0.15) is 63.6 Å². The largest absolute Gasteiger partial charge is 0.397 e. The quantitative estimate of drug-likeness (QED) is 0.0179. The number of aliphatic hydroxyl groups is 4. The third kappa shape index (κ3) is 18.3. The average Bonchev–Trinajstić information content (AvgIpc) is 3.29. The van der Waals surface area contributed by atoms with E-state index in [1.54, 1.807) is 0 Å². The van der Waals surface area contributed by atoms with E-state index < -0.39 is 92.2 Å². The molecule has 4 radical (unpaired) electrons. The molecule has 0 fully saturated rings. The van der Waals surface area contributed by atoms with Crippen molar-refractivity contribution in [1.29, 1.82) is 0 Å². The summed E-state index contributed by atoms with van der Waals surface area (Å²) < 4.78 is 139. The van der Waals surface area contributed by atoms with Gasteiger partial charge in [0, 0.05) is 167 Å². The van der Waals surface area contributed by atoms with Crippen LogP contribution in [0.15, 0.2) is 98.4 Å². The first-order valence-corrected chi connectivity index (χ1v) is 26.0. The van der Waals surface area contributed by atoms with Crippen molar-refractivity contribution in [3.8, 4) is 22.8 Å². The van der Waals surface area contributed by atoms with Crippen molar-refractivity contribution in [3.63, 3.8) is 0 Å². The first kappa shape index (κ1) is 68.2. The number of nitrogens with zero attached hydrogens (tertiary/aromatic N) is 8. The van der Waals surface area contributed by atoms with Crippen LogP contribution in [0.3, 0.4) is 0 Å². The average molecular weight is 1150 g/mol. The summed E-state index contributed by atoms with van der Waals surface area (Å²) in [5.74, 6) is -1.48. The van der Waals surface area contributed by atoms with Crippen molar-refractivity contribution in [1.82, 2.24) is 29.9 Å². The van der Waals surface area contributed by atoms with Crippen LogP contribution in [0, 0.1) is 0 Å². The molecule has 0 amide bonds. The number of nitrogen functional groups attached to an aromatic ring is 1. The van der Waals surface area contributed by atoms with E-state index in [0.29, 0.717) is 0 Å². The van der Waals surface area contributed by atoms with Crippen molar-refractivity contribution < 1.29 is 72.3 Å². The molecule has 12 N–H and O–H groups in total. The SMILES string of the molecule is Nc1c(-c2nc(Nc3cccc(S(=O)(=O)O)c3)nc(N(CCO)CCO)n2)ccc(C=Cc2ccc(-c3nc(Nc4cccc(S(=O)(=O)O)c4)nc(N(CCO)CCO)n3)cc2S(=O)(=O)O)c1S(=O)(=O)O.[Na].[Na].[Na].[Na]. The standard InChI is InChI=1S/C40H43N11O16S4.4Na/c41-33-31(36-45-38(49-40(47-36)51(15-19-54)16-20-55)43-28-4-2-6-30(23-28)69(59,60)61)12-11-25(34(33)71(65,66)67)9-7-24-8-10-26(21-32(24)70(62,63)64)35-44-37(48-39(46-35)50(13-17-52)14-18-53)42-27-3-1-5-29(22-27)68(56,57)58;;;;/h1-12,21-23,52-55H,13-20,41H2,(H,56,57,58)(H,59,60,61)(H,62,63,64)(H,65,66,67)(H,42,44,46,48)(H,43,45,47,49);;;;. The molecule has 0 unspecified atom stereocenters. The fourth-order valence-corrected chi connectivity index (χ4v) is 9.24. The van der Waals surface area contributed by atoms with Gasteiger partial charge in [0.15, 0.2) is 11.6 Å². The van der Waals surface area contributed by atoms with Crippen molar-refractivity contribution in [2.24, 2.45) is 0 Å². The van der Waals surface area contributed by atoms with Crippen LogP contribution < -0.4 is 26.2 Å². The van der Waals surface area contributed by atoms with Crippen molar-refractivity contribution in [2.75, 3.05) is 78.8 Å². The maximum Gasteiger partial charge on any atom is 0.297 e. The molecule has 0 saturated heterocycles. The number of benzene rings is 4. The summed E-state index contributed by atoms with van der Waals surface area (Å²) in [6, 6.07) is 15.6. The number of aromatic nitrogens is 6. The van der Waals surface area contributed by atoms with Crippen LogP contribution in [0.4, 0.5) is 40.9 Å². The minimum atomic E-state index is -5.25. The van der Waals surface area contributed by atoms with Crippen molar-refractivity contribution in [3.05, 3.63) is 90.0 Å². The zero-order chi connectivity index (χ0) is 51.9.